The van der Waals surface area contributed by atoms with Crippen molar-refractivity contribution in [2.24, 2.45) is 0 Å². The molecular formula is C11H11ClN4O2. The molecule has 0 N–H and O–H groups in total. The molecule has 2 rings (SSSR count). The fourth-order valence-corrected chi connectivity index (χ4v) is 1.65. The van der Waals surface area contributed by atoms with Crippen LogP contribution in [0.1, 0.15) is 23.6 Å². The first-order chi connectivity index (χ1) is 8.49. The Morgan fingerprint density at radius 2 is 2.22 bits per heavy atom. The summed E-state index contributed by atoms with van der Waals surface area (Å²) in [6.07, 6.45) is 1.59. The Labute approximate surface area is 108 Å². The van der Waals surface area contributed by atoms with Crippen LogP contribution in [0.3, 0.4) is 0 Å². The van der Waals surface area contributed by atoms with Gasteiger partial charge in [-0.25, -0.2) is 4.68 Å². The third-order valence-corrected chi connectivity index (χ3v) is 2.72. The van der Waals surface area contributed by atoms with Gasteiger partial charge in [-0.1, -0.05) is 11.3 Å². The van der Waals surface area contributed by atoms with Gasteiger partial charge in [0, 0.05) is 6.07 Å². The predicted octanol–water partition coefficient (Wildman–Crippen LogP) is 2.78. The van der Waals surface area contributed by atoms with Crippen molar-refractivity contribution in [2.45, 2.75) is 19.2 Å². The lowest BCUT2D eigenvalue weighted by molar-refractivity contribution is -0.384. The molecule has 2 aromatic rings. The van der Waals surface area contributed by atoms with Gasteiger partial charge in [-0.2, -0.15) is 0 Å². The minimum atomic E-state index is -0.437. The van der Waals surface area contributed by atoms with Gasteiger partial charge in [-0.3, -0.25) is 10.1 Å². The van der Waals surface area contributed by atoms with Crippen molar-refractivity contribution in [3.05, 3.63) is 45.8 Å². The largest absolute Gasteiger partial charge is 0.295 e. The highest BCUT2D eigenvalue weighted by atomic mass is 35.5. The first-order valence-corrected chi connectivity index (χ1v) is 5.74. The zero-order valence-corrected chi connectivity index (χ0v) is 10.6. The Bertz CT molecular complexity index is 594. The average molecular weight is 267 g/mol. The van der Waals surface area contributed by atoms with Crippen LogP contribution in [-0.4, -0.2) is 19.9 Å². The molecule has 1 atom stereocenters. The van der Waals surface area contributed by atoms with Gasteiger partial charge < -0.3 is 0 Å². The lowest BCUT2D eigenvalue weighted by Crippen LogP contribution is -2.01. The van der Waals surface area contributed by atoms with E-state index in [1.165, 1.54) is 10.7 Å². The molecule has 1 heterocycles. The number of aryl methyl sites for hydroxylation is 1. The summed E-state index contributed by atoms with van der Waals surface area (Å²) in [4.78, 5) is 10.6. The fourth-order valence-electron chi connectivity index (χ4n) is 1.55. The summed E-state index contributed by atoms with van der Waals surface area (Å²) in [5.74, 6) is 0. The molecule has 1 aromatic heterocycles. The van der Waals surface area contributed by atoms with Gasteiger partial charge in [0.1, 0.15) is 11.4 Å². The van der Waals surface area contributed by atoms with Gasteiger partial charge in [0.2, 0.25) is 0 Å². The number of nitrogens with zero attached hydrogens (tertiary/aromatic N) is 4. The maximum Gasteiger partial charge on any atom is 0.295 e. The highest BCUT2D eigenvalue weighted by Gasteiger charge is 2.17. The molecule has 1 aromatic carbocycles. The Morgan fingerprint density at radius 3 is 2.78 bits per heavy atom. The monoisotopic (exact) mass is 266 g/mol. The van der Waals surface area contributed by atoms with Gasteiger partial charge >= 0.3 is 0 Å². The van der Waals surface area contributed by atoms with Crippen molar-refractivity contribution in [1.29, 1.82) is 0 Å². The van der Waals surface area contributed by atoms with E-state index in [9.17, 15) is 10.1 Å². The Hall–Kier alpha value is -1.95. The number of rotatable bonds is 3. The summed E-state index contributed by atoms with van der Waals surface area (Å²) in [6, 6.07) is 4.93. The van der Waals surface area contributed by atoms with Crippen LogP contribution in [0.2, 0.25) is 0 Å². The van der Waals surface area contributed by atoms with E-state index in [-0.39, 0.29) is 11.1 Å². The van der Waals surface area contributed by atoms with E-state index < -0.39 is 4.92 Å². The molecular weight excluding hydrogens is 256 g/mol. The third-order valence-electron chi connectivity index (χ3n) is 2.49. The SMILES string of the molecule is Cc1ccc(-n2cc(C(C)Cl)nn2)c([N+](=O)[O-])c1. The highest BCUT2D eigenvalue weighted by Crippen LogP contribution is 2.25. The zero-order chi connectivity index (χ0) is 13.3. The van der Waals surface area contributed by atoms with E-state index in [4.69, 9.17) is 11.6 Å². The average Bonchev–Trinajstić information content (AvgIpc) is 2.78. The molecule has 0 radical (unpaired) electrons. The Kier molecular flexibility index (Phi) is 3.29. The number of nitro groups is 1. The van der Waals surface area contributed by atoms with E-state index in [0.29, 0.717) is 11.4 Å². The number of nitro benzene ring substituents is 1. The Balaban J connectivity index is 2.52. The molecule has 0 aliphatic heterocycles. The van der Waals surface area contributed by atoms with Crippen LogP contribution in [0.5, 0.6) is 0 Å². The van der Waals surface area contributed by atoms with Gasteiger partial charge in [0.15, 0.2) is 0 Å². The number of hydrogen-bond donors (Lipinski definition) is 0. The van der Waals surface area contributed by atoms with Crippen molar-refractivity contribution in [1.82, 2.24) is 15.0 Å². The van der Waals surface area contributed by atoms with Crippen LogP contribution < -0.4 is 0 Å². The molecule has 6 nitrogen and oxygen atoms in total. The predicted molar refractivity (Wildman–Crippen MR) is 67.0 cm³/mol. The molecule has 0 bridgehead atoms. The number of halogens is 1. The molecule has 94 valence electrons. The van der Waals surface area contributed by atoms with Crippen LogP contribution in [0, 0.1) is 17.0 Å². The molecule has 0 amide bonds. The maximum absolute atomic E-state index is 11.0. The molecule has 18 heavy (non-hydrogen) atoms. The summed E-state index contributed by atoms with van der Waals surface area (Å²) >= 11 is 5.88. The Morgan fingerprint density at radius 1 is 1.50 bits per heavy atom. The van der Waals surface area contributed by atoms with Gasteiger partial charge in [0.25, 0.3) is 5.69 Å². The molecule has 0 aliphatic carbocycles. The topological polar surface area (TPSA) is 73.8 Å². The van der Waals surface area contributed by atoms with Crippen molar-refractivity contribution in [2.75, 3.05) is 0 Å². The maximum atomic E-state index is 11.0. The van der Waals surface area contributed by atoms with Crippen molar-refractivity contribution < 1.29 is 4.92 Å². The zero-order valence-electron chi connectivity index (χ0n) is 9.87. The van der Waals surface area contributed by atoms with Crippen LogP contribution >= 0.6 is 11.6 Å². The molecule has 0 fully saturated rings. The standard InChI is InChI=1S/C11H11ClN4O2/c1-7-3-4-10(11(5-7)16(17)18)15-6-9(8(2)12)13-14-15/h3-6,8H,1-2H3. The van der Waals surface area contributed by atoms with E-state index >= 15 is 0 Å². The number of hydrogen-bond acceptors (Lipinski definition) is 4. The molecule has 0 spiro atoms. The summed E-state index contributed by atoms with van der Waals surface area (Å²) < 4.78 is 1.37. The van der Waals surface area contributed by atoms with Gasteiger partial charge in [-0.05, 0) is 25.5 Å². The fraction of sp³-hybridized carbons (Fsp3) is 0.273. The number of benzene rings is 1. The van der Waals surface area contributed by atoms with E-state index in [0.717, 1.165) is 5.56 Å². The minimum absolute atomic E-state index is 0.00586. The molecule has 7 heteroatoms. The van der Waals surface area contributed by atoms with Crippen molar-refractivity contribution in [3.8, 4) is 5.69 Å². The van der Waals surface area contributed by atoms with Gasteiger partial charge in [0.05, 0.1) is 16.5 Å². The summed E-state index contributed by atoms with van der Waals surface area (Å²) in [6.45, 7) is 3.56. The lowest BCUT2D eigenvalue weighted by Gasteiger charge is -2.02. The normalized spacial score (nSPS) is 12.4. The van der Waals surface area contributed by atoms with Crippen LogP contribution in [-0.2, 0) is 0 Å². The third kappa shape index (κ3) is 2.33. The van der Waals surface area contributed by atoms with Crippen LogP contribution in [0.4, 0.5) is 5.69 Å². The smallest absolute Gasteiger partial charge is 0.258 e. The quantitative estimate of drug-likeness (QED) is 0.486. The van der Waals surface area contributed by atoms with E-state index in [1.54, 1.807) is 32.2 Å². The van der Waals surface area contributed by atoms with Crippen molar-refractivity contribution >= 4 is 17.3 Å². The summed E-state index contributed by atoms with van der Waals surface area (Å²) in [5, 5.41) is 18.4. The summed E-state index contributed by atoms with van der Waals surface area (Å²) in [7, 11) is 0. The molecule has 0 aliphatic rings. The second kappa shape index (κ2) is 4.73. The second-order valence-electron chi connectivity index (χ2n) is 3.95. The number of aromatic nitrogens is 3. The van der Waals surface area contributed by atoms with Crippen molar-refractivity contribution in [3.63, 3.8) is 0 Å². The molecule has 1 unspecified atom stereocenters. The number of alkyl halides is 1. The second-order valence-corrected chi connectivity index (χ2v) is 4.61. The first kappa shape index (κ1) is 12.5. The minimum Gasteiger partial charge on any atom is -0.258 e. The lowest BCUT2D eigenvalue weighted by atomic mass is 10.2. The summed E-state index contributed by atoms with van der Waals surface area (Å²) in [5.41, 5.74) is 1.76. The van der Waals surface area contributed by atoms with Crippen LogP contribution in [0.15, 0.2) is 24.4 Å². The molecule has 0 saturated heterocycles. The van der Waals surface area contributed by atoms with E-state index in [2.05, 4.69) is 10.3 Å². The highest BCUT2D eigenvalue weighted by molar-refractivity contribution is 6.20. The van der Waals surface area contributed by atoms with Gasteiger partial charge in [-0.15, -0.1) is 16.7 Å². The first-order valence-electron chi connectivity index (χ1n) is 5.31. The van der Waals surface area contributed by atoms with E-state index in [1.807, 2.05) is 0 Å². The molecule has 0 saturated carbocycles. The van der Waals surface area contributed by atoms with Crippen LogP contribution in [0.25, 0.3) is 5.69 Å².